The highest BCUT2D eigenvalue weighted by molar-refractivity contribution is 6.63. The van der Waals surface area contributed by atoms with Crippen molar-refractivity contribution in [1.29, 1.82) is 0 Å². The van der Waals surface area contributed by atoms with Crippen LogP contribution in [0, 0.1) is 0 Å². The molecule has 340 valence electrons. The van der Waals surface area contributed by atoms with Crippen molar-refractivity contribution in [1.82, 2.24) is 4.90 Å². The van der Waals surface area contributed by atoms with E-state index in [1.807, 2.05) is 39.8 Å². The van der Waals surface area contributed by atoms with E-state index < -0.39 is 55.2 Å². The Hall–Kier alpha value is -5.23. The smallest absolute Gasteiger partial charge is 0.497 e. The minimum absolute atomic E-state index is 0.0593. The van der Waals surface area contributed by atoms with Gasteiger partial charge in [0.15, 0.2) is 5.78 Å². The highest BCUT2D eigenvalue weighted by Gasteiger charge is 2.72. The van der Waals surface area contributed by atoms with Gasteiger partial charge in [-0.1, -0.05) is 67.6 Å². The zero-order valence-corrected chi connectivity index (χ0v) is 36.9. The first-order valence-electron chi connectivity index (χ1n) is 20.5. The predicted octanol–water partition coefficient (Wildman–Crippen LogP) is 10.4. The van der Waals surface area contributed by atoms with Crippen LogP contribution in [-0.4, -0.2) is 89.6 Å². The Bertz CT molecular complexity index is 2130. The summed E-state index contributed by atoms with van der Waals surface area (Å²) in [6.07, 6.45) is -10.6. The molecule has 1 amide bonds. The SMILES string of the molecule is CCO[Si](OCC)(OCC)C1CCN1C(=O)OCCCC(C)(c1ccc(OC(=O)c2ccc(C(c3ccc(OC)cc3)(C(F)(F)F)C(F)(F)F)cc2)cc1)c1ccc(C(C)=O)cc1. The van der Waals surface area contributed by atoms with Gasteiger partial charge in [0.05, 0.1) is 19.3 Å². The van der Waals surface area contributed by atoms with Crippen LogP contribution in [0.3, 0.4) is 0 Å². The molecule has 4 aromatic carbocycles. The number of carbonyl (C=O) groups excluding carboxylic acids is 3. The second kappa shape index (κ2) is 20.1. The van der Waals surface area contributed by atoms with Gasteiger partial charge in [-0.3, -0.25) is 4.79 Å². The molecule has 0 saturated carbocycles. The number of alkyl halides is 6. The summed E-state index contributed by atoms with van der Waals surface area (Å²) in [5.74, 6) is -0.995. The number of rotatable bonds is 19. The number of amides is 1. The van der Waals surface area contributed by atoms with Gasteiger partial charge in [0.2, 0.25) is 5.41 Å². The van der Waals surface area contributed by atoms with E-state index in [1.54, 1.807) is 29.2 Å². The molecular weight excluding hydrogens is 853 g/mol. The van der Waals surface area contributed by atoms with Crippen LogP contribution in [0.4, 0.5) is 31.1 Å². The Morgan fingerprint density at radius 2 is 1.11 bits per heavy atom. The number of carbonyl (C=O) groups is 3. The van der Waals surface area contributed by atoms with Crippen molar-refractivity contribution in [3.05, 3.63) is 130 Å². The van der Waals surface area contributed by atoms with E-state index in [2.05, 4.69) is 0 Å². The summed E-state index contributed by atoms with van der Waals surface area (Å²) >= 11 is 0. The summed E-state index contributed by atoms with van der Waals surface area (Å²) in [6.45, 7) is 10.6. The third-order valence-electron chi connectivity index (χ3n) is 11.3. The van der Waals surface area contributed by atoms with E-state index in [4.69, 9.17) is 27.5 Å². The summed E-state index contributed by atoms with van der Waals surface area (Å²) in [5.41, 5.74) is -5.86. The summed E-state index contributed by atoms with van der Waals surface area (Å²) in [5, 5.41) is 0. The third kappa shape index (κ3) is 10.1. The van der Waals surface area contributed by atoms with Gasteiger partial charge in [0.25, 0.3) is 0 Å². The molecule has 1 heterocycles. The standard InChI is InChI=1S/C46H51F6NO9Si/c1-7-59-63(60-8-2,61-9-3)40-27-29-53(40)42(56)58-30-10-28-43(5,34-15-11-32(12-16-34)31(4)54)35-19-25-39(26-20-35)62-41(55)33-13-17-36(18-14-33)44(45(47,48)49,46(50,51)52)37-21-23-38(57-6)24-22-37/h11-26,40H,7-10,27-30H2,1-6H3. The number of Topliss-reactive ketones (excluding diaryl/α,β-unsaturated/α-hetero) is 1. The van der Waals surface area contributed by atoms with Crippen LogP contribution in [0.15, 0.2) is 97.1 Å². The van der Waals surface area contributed by atoms with Gasteiger partial charge < -0.3 is 32.4 Å². The summed E-state index contributed by atoms with van der Waals surface area (Å²) < 4.78 is 122. The zero-order valence-electron chi connectivity index (χ0n) is 35.9. The van der Waals surface area contributed by atoms with Gasteiger partial charge in [-0.15, -0.1) is 0 Å². The Morgan fingerprint density at radius 1 is 0.667 bits per heavy atom. The number of methoxy groups -OCH3 is 1. The van der Waals surface area contributed by atoms with Crippen LogP contribution < -0.4 is 9.47 Å². The molecule has 0 bridgehead atoms. The average Bonchev–Trinajstić information content (AvgIpc) is 3.22. The van der Waals surface area contributed by atoms with E-state index in [-0.39, 0.29) is 35.1 Å². The summed E-state index contributed by atoms with van der Waals surface area (Å²) in [6, 6.07) is 20.0. The molecule has 1 aliphatic heterocycles. The Morgan fingerprint density at radius 3 is 1.54 bits per heavy atom. The number of nitrogens with zero attached hydrogens (tertiary/aromatic N) is 1. The first-order chi connectivity index (χ1) is 29.8. The monoisotopic (exact) mass is 903 g/mol. The van der Waals surface area contributed by atoms with Crippen molar-refractivity contribution in [2.24, 2.45) is 0 Å². The first-order valence-corrected chi connectivity index (χ1v) is 22.3. The van der Waals surface area contributed by atoms with Gasteiger partial charge in [0, 0.05) is 37.3 Å². The lowest BCUT2D eigenvalue weighted by Crippen LogP contribution is -2.69. The largest absolute Gasteiger partial charge is 0.524 e. The van der Waals surface area contributed by atoms with Gasteiger partial charge in [0.1, 0.15) is 17.2 Å². The lowest BCUT2D eigenvalue weighted by atomic mass is 9.72. The van der Waals surface area contributed by atoms with Gasteiger partial charge in [-0.25, -0.2) is 9.59 Å². The maximum absolute atomic E-state index is 14.6. The van der Waals surface area contributed by atoms with Crippen molar-refractivity contribution in [2.45, 2.75) is 82.7 Å². The molecule has 0 N–H and O–H groups in total. The van der Waals surface area contributed by atoms with E-state index >= 15 is 0 Å². The van der Waals surface area contributed by atoms with E-state index in [9.17, 15) is 40.7 Å². The fourth-order valence-electron chi connectivity index (χ4n) is 7.92. The molecule has 0 spiro atoms. The van der Waals surface area contributed by atoms with E-state index in [1.165, 1.54) is 26.2 Å². The maximum Gasteiger partial charge on any atom is 0.524 e. The molecule has 0 radical (unpaired) electrons. The number of ketones is 1. The molecule has 2 unspecified atom stereocenters. The van der Waals surface area contributed by atoms with Gasteiger partial charge >= 0.3 is 33.2 Å². The Kier molecular flexibility index (Phi) is 15.6. The van der Waals surface area contributed by atoms with Gasteiger partial charge in [-0.2, -0.15) is 26.3 Å². The average molecular weight is 904 g/mol. The molecule has 5 rings (SSSR count). The quantitative estimate of drug-likeness (QED) is 0.0227. The Balaban J connectivity index is 1.33. The minimum atomic E-state index is -5.82. The third-order valence-corrected chi connectivity index (χ3v) is 14.8. The molecule has 63 heavy (non-hydrogen) atoms. The number of esters is 1. The fourth-order valence-corrected chi connectivity index (χ4v) is 11.1. The lowest BCUT2D eigenvalue weighted by molar-refractivity contribution is -0.288. The first kappa shape index (κ1) is 48.8. The van der Waals surface area contributed by atoms with Crippen LogP contribution in [-0.2, 0) is 28.8 Å². The van der Waals surface area contributed by atoms with Crippen LogP contribution >= 0.6 is 0 Å². The van der Waals surface area contributed by atoms with Crippen molar-refractivity contribution in [2.75, 3.05) is 40.1 Å². The number of likely N-dealkylation sites (tertiary alicyclic amines) is 1. The lowest BCUT2D eigenvalue weighted by Gasteiger charge is -2.47. The molecule has 4 aromatic rings. The van der Waals surface area contributed by atoms with Crippen molar-refractivity contribution >= 4 is 26.7 Å². The molecule has 17 heteroatoms. The van der Waals surface area contributed by atoms with Crippen molar-refractivity contribution in [3.63, 3.8) is 0 Å². The maximum atomic E-state index is 14.6. The topological polar surface area (TPSA) is 110 Å². The molecule has 0 aromatic heterocycles. The predicted molar refractivity (Wildman–Crippen MR) is 223 cm³/mol. The summed E-state index contributed by atoms with van der Waals surface area (Å²) in [7, 11) is -1.97. The minimum Gasteiger partial charge on any atom is -0.497 e. The van der Waals surface area contributed by atoms with Crippen molar-refractivity contribution < 1.29 is 68.2 Å². The Labute approximate surface area is 363 Å². The van der Waals surface area contributed by atoms with Gasteiger partial charge in [-0.05, 0) is 106 Å². The normalized spacial score (nSPS) is 15.6. The summed E-state index contributed by atoms with van der Waals surface area (Å²) in [4.78, 5) is 40.2. The number of hydrogen-bond acceptors (Lipinski definition) is 9. The second-order valence-electron chi connectivity index (χ2n) is 15.0. The van der Waals surface area contributed by atoms with Crippen LogP contribution in [0.25, 0.3) is 0 Å². The number of halogens is 6. The van der Waals surface area contributed by atoms with Crippen LogP contribution in [0.1, 0.15) is 96.9 Å². The number of benzene rings is 4. The molecule has 0 aliphatic carbocycles. The molecule has 1 aliphatic rings. The second-order valence-corrected chi connectivity index (χ2v) is 17.8. The van der Waals surface area contributed by atoms with E-state index in [0.29, 0.717) is 75.5 Å². The van der Waals surface area contributed by atoms with Crippen LogP contribution in [0.5, 0.6) is 11.5 Å². The molecular formula is C46H51F6NO9Si. The molecule has 1 saturated heterocycles. The number of hydrogen-bond donors (Lipinski definition) is 0. The zero-order chi connectivity index (χ0) is 46.2. The fraction of sp³-hybridized carbons (Fsp3) is 0.413. The van der Waals surface area contributed by atoms with E-state index in [0.717, 1.165) is 35.4 Å². The highest BCUT2D eigenvalue weighted by Crippen LogP contribution is 2.56. The highest BCUT2D eigenvalue weighted by atomic mass is 28.4. The molecule has 1 fully saturated rings. The molecule has 10 nitrogen and oxygen atoms in total. The molecule has 2 atom stereocenters. The van der Waals surface area contributed by atoms with Crippen LogP contribution in [0.2, 0.25) is 0 Å². The number of ether oxygens (including phenoxy) is 3. The van der Waals surface area contributed by atoms with Crippen molar-refractivity contribution in [3.8, 4) is 11.5 Å².